The third kappa shape index (κ3) is 3.92. The van der Waals surface area contributed by atoms with E-state index in [1.165, 1.54) is 40.6 Å². The van der Waals surface area contributed by atoms with Crippen molar-refractivity contribution in [3.63, 3.8) is 0 Å². The van der Waals surface area contributed by atoms with E-state index >= 15 is 0 Å². The highest BCUT2D eigenvalue weighted by atomic mass is 35.5. The molecule has 10 nitrogen and oxygen atoms in total. The van der Waals surface area contributed by atoms with Gasteiger partial charge in [-0.15, -0.1) is 0 Å². The fourth-order valence-corrected chi connectivity index (χ4v) is 6.24. The van der Waals surface area contributed by atoms with Gasteiger partial charge in [0.05, 0.1) is 34.6 Å². The number of nitrogens with one attached hydrogen (secondary N) is 1. The lowest BCUT2D eigenvalue weighted by Crippen LogP contribution is -2.52. The van der Waals surface area contributed by atoms with Gasteiger partial charge in [0.2, 0.25) is 5.88 Å². The molecular weight excluding hydrogens is 579 g/mol. The number of anilines is 1. The van der Waals surface area contributed by atoms with Crippen LogP contribution in [-0.2, 0) is 0 Å². The maximum absolute atomic E-state index is 14.3. The van der Waals surface area contributed by atoms with Gasteiger partial charge in [-0.1, -0.05) is 23.2 Å². The summed E-state index contributed by atoms with van der Waals surface area (Å²) in [6.07, 6.45) is 4.43. The van der Waals surface area contributed by atoms with Crippen molar-refractivity contribution in [2.24, 2.45) is 0 Å². The van der Waals surface area contributed by atoms with E-state index in [1.807, 2.05) is 0 Å². The molecule has 210 valence electrons. The summed E-state index contributed by atoms with van der Waals surface area (Å²) in [6, 6.07) is 6.97. The highest BCUT2D eigenvalue weighted by Gasteiger charge is 2.38. The fourth-order valence-electron chi connectivity index (χ4n) is 5.91. The third-order valence-electron chi connectivity index (χ3n) is 7.75. The number of rotatable bonds is 4. The van der Waals surface area contributed by atoms with E-state index in [1.54, 1.807) is 6.07 Å². The first-order chi connectivity index (χ1) is 19.8. The SMILES string of the molecule is COc1nc(N2[C@@H]3CC[C@H]2CNC3)cc2c1c(=O)n(-c1cnc3cc(F)c(Cl)cn13)c(=O)n2-c1ccc(F)c(Cl)c1. The highest BCUT2D eigenvalue weighted by molar-refractivity contribution is 6.31. The van der Waals surface area contributed by atoms with Crippen molar-refractivity contribution in [1.82, 2.24) is 28.8 Å². The molecule has 0 spiro atoms. The van der Waals surface area contributed by atoms with Crippen LogP contribution < -0.4 is 26.2 Å². The van der Waals surface area contributed by atoms with Gasteiger partial charge in [0, 0.05) is 43.5 Å². The maximum atomic E-state index is 14.3. The second-order valence-electron chi connectivity index (χ2n) is 10.0. The molecule has 2 fully saturated rings. The maximum Gasteiger partial charge on any atom is 0.342 e. The Labute approximate surface area is 240 Å². The number of piperazine rings is 1. The fraction of sp³-hybridized carbons (Fsp3) is 0.259. The van der Waals surface area contributed by atoms with E-state index < -0.39 is 22.9 Å². The predicted octanol–water partition coefficient (Wildman–Crippen LogP) is 3.72. The van der Waals surface area contributed by atoms with Crippen LogP contribution in [0.4, 0.5) is 14.6 Å². The van der Waals surface area contributed by atoms with E-state index in [2.05, 4.69) is 15.2 Å². The van der Waals surface area contributed by atoms with Crippen molar-refractivity contribution in [3.8, 4) is 17.4 Å². The van der Waals surface area contributed by atoms with E-state index in [0.29, 0.717) is 5.82 Å². The number of ether oxygens (including phenoxy) is 1. The summed E-state index contributed by atoms with van der Waals surface area (Å²) in [4.78, 5) is 39.5. The van der Waals surface area contributed by atoms with Gasteiger partial charge in [0.25, 0.3) is 5.56 Å². The number of hydrogen-bond donors (Lipinski definition) is 1. The minimum absolute atomic E-state index is 0.00179. The number of benzene rings is 1. The molecule has 1 aromatic carbocycles. The van der Waals surface area contributed by atoms with Crippen molar-refractivity contribution >= 4 is 45.6 Å². The van der Waals surface area contributed by atoms with Gasteiger partial charge in [-0.05, 0) is 31.0 Å². The van der Waals surface area contributed by atoms with Crippen LogP contribution in [-0.4, -0.2) is 55.8 Å². The van der Waals surface area contributed by atoms with Crippen molar-refractivity contribution in [2.45, 2.75) is 24.9 Å². The van der Waals surface area contributed by atoms with Crippen LogP contribution >= 0.6 is 23.2 Å². The normalized spacial score (nSPS) is 18.5. The van der Waals surface area contributed by atoms with E-state index in [4.69, 9.17) is 32.9 Å². The number of nitrogens with zero attached hydrogens (tertiary/aromatic N) is 6. The Morgan fingerprint density at radius 3 is 2.46 bits per heavy atom. The Bertz CT molecular complexity index is 1990. The summed E-state index contributed by atoms with van der Waals surface area (Å²) >= 11 is 12.2. The summed E-state index contributed by atoms with van der Waals surface area (Å²) in [5, 5.41) is 2.99. The highest BCUT2D eigenvalue weighted by Crippen LogP contribution is 2.35. The van der Waals surface area contributed by atoms with Crippen LogP contribution in [0, 0.1) is 11.6 Å². The molecule has 5 aromatic rings. The zero-order valence-corrected chi connectivity index (χ0v) is 23.0. The Balaban J connectivity index is 1.59. The number of methoxy groups -OCH3 is 1. The quantitative estimate of drug-likeness (QED) is 0.336. The smallest absolute Gasteiger partial charge is 0.342 e. The van der Waals surface area contributed by atoms with Gasteiger partial charge in [-0.2, -0.15) is 4.98 Å². The van der Waals surface area contributed by atoms with Crippen LogP contribution in [0.15, 0.2) is 52.3 Å². The molecule has 6 heterocycles. The van der Waals surface area contributed by atoms with Gasteiger partial charge in [-0.3, -0.25) is 13.8 Å². The summed E-state index contributed by atoms with van der Waals surface area (Å²) in [5.41, 5.74) is -0.998. The minimum atomic E-state index is -0.796. The van der Waals surface area contributed by atoms with Crippen molar-refractivity contribution in [2.75, 3.05) is 25.1 Å². The molecular formula is C27H21Cl2F2N7O3. The molecule has 2 bridgehead atoms. The van der Waals surface area contributed by atoms with Crippen molar-refractivity contribution < 1.29 is 13.5 Å². The third-order valence-corrected chi connectivity index (χ3v) is 8.32. The molecule has 0 saturated carbocycles. The Morgan fingerprint density at radius 2 is 1.76 bits per heavy atom. The van der Waals surface area contributed by atoms with E-state index in [-0.39, 0.29) is 56.1 Å². The summed E-state index contributed by atoms with van der Waals surface area (Å²) < 4.78 is 37.4. The molecule has 7 rings (SSSR count). The van der Waals surface area contributed by atoms with Crippen LogP contribution in [0.2, 0.25) is 10.0 Å². The Hall–Kier alpha value is -4.00. The zero-order chi connectivity index (χ0) is 28.6. The van der Waals surface area contributed by atoms with Crippen LogP contribution in [0.5, 0.6) is 5.88 Å². The molecule has 0 aliphatic carbocycles. The molecule has 0 amide bonds. The van der Waals surface area contributed by atoms with E-state index in [0.717, 1.165) is 42.6 Å². The summed E-state index contributed by atoms with van der Waals surface area (Å²) in [6.45, 7) is 1.55. The first-order valence-electron chi connectivity index (χ1n) is 12.8. The lowest BCUT2D eigenvalue weighted by Gasteiger charge is -2.36. The molecule has 2 saturated heterocycles. The van der Waals surface area contributed by atoms with Gasteiger partial charge < -0.3 is 15.0 Å². The molecule has 14 heteroatoms. The summed E-state index contributed by atoms with van der Waals surface area (Å²) in [7, 11) is 1.39. The Kier molecular flexibility index (Phi) is 6.03. The van der Waals surface area contributed by atoms with E-state index in [9.17, 15) is 18.4 Å². The average molecular weight is 600 g/mol. The summed E-state index contributed by atoms with van der Waals surface area (Å²) in [5.74, 6) is -0.808. The minimum Gasteiger partial charge on any atom is -0.480 e. The first kappa shape index (κ1) is 25.9. The molecule has 0 unspecified atom stereocenters. The number of fused-ring (bicyclic) bond motifs is 4. The number of aromatic nitrogens is 5. The van der Waals surface area contributed by atoms with Gasteiger partial charge >= 0.3 is 5.69 Å². The van der Waals surface area contributed by atoms with Crippen LogP contribution in [0.25, 0.3) is 28.1 Å². The van der Waals surface area contributed by atoms with Crippen LogP contribution in [0.3, 0.4) is 0 Å². The topological polar surface area (TPSA) is 98.7 Å². The standard InChI is InChI=1S/C27H21Cl2F2N7O3/c1-41-25-24-20(8-22(34-25)36-14-2-3-15(36)10-32-9-14)37(13-4-5-18(30)16(28)6-13)27(40)38(26(24)39)23-11-33-21-7-19(31)17(29)12-35(21)23/h4-8,11-12,14-15,32H,2-3,9-10H2,1H3/t14-,15+. The lowest BCUT2D eigenvalue weighted by atomic mass is 10.2. The zero-order valence-electron chi connectivity index (χ0n) is 21.4. The second-order valence-corrected chi connectivity index (χ2v) is 10.8. The first-order valence-corrected chi connectivity index (χ1v) is 13.6. The van der Waals surface area contributed by atoms with Crippen molar-refractivity contribution in [1.29, 1.82) is 0 Å². The molecule has 2 aliphatic rings. The monoisotopic (exact) mass is 599 g/mol. The van der Waals surface area contributed by atoms with Crippen molar-refractivity contribution in [3.05, 3.63) is 85.2 Å². The lowest BCUT2D eigenvalue weighted by molar-refractivity contribution is 0.400. The number of halogens is 4. The molecule has 1 N–H and O–H groups in total. The molecule has 4 aromatic heterocycles. The number of pyridine rings is 2. The second kappa shape index (κ2) is 9.54. The van der Waals surface area contributed by atoms with Gasteiger partial charge in [0.15, 0.2) is 0 Å². The number of imidazole rings is 1. The van der Waals surface area contributed by atoms with Crippen LogP contribution in [0.1, 0.15) is 12.8 Å². The number of hydrogen-bond acceptors (Lipinski definition) is 7. The Morgan fingerprint density at radius 1 is 1.00 bits per heavy atom. The predicted molar refractivity (Wildman–Crippen MR) is 150 cm³/mol. The molecule has 41 heavy (non-hydrogen) atoms. The molecule has 2 aliphatic heterocycles. The molecule has 0 radical (unpaired) electrons. The average Bonchev–Trinajstić information content (AvgIpc) is 3.46. The van der Waals surface area contributed by atoms with Gasteiger partial charge in [0.1, 0.15) is 34.3 Å². The largest absolute Gasteiger partial charge is 0.480 e. The van der Waals surface area contributed by atoms with Gasteiger partial charge in [-0.25, -0.2) is 23.1 Å². The molecule has 2 atom stereocenters.